The van der Waals surface area contributed by atoms with Gasteiger partial charge in [-0.15, -0.1) is 0 Å². The summed E-state index contributed by atoms with van der Waals surface area (Å²) in [6.07, 6.45) is 0. The Kier molecular flexibility index (Phi) is 3.72. The normalized spacial score (nSPS) is 12.3. The summed E-state index contributed by atoms with van der Waals surface area (Å²) in [7, 11) is 1.83. The third-order valence-electron chi connectivity index (χ3n) is 4.22. The van der Waals surface area contributed by atoms with Gasteiger partial charge in [0.25, 0.3) is 5.56 Å². The van der Waals surface area contributed by atoms with Crippen LogP contribution in [0.15, 0.2) is 65.5 Å². The first kappa shape index (κ1) is 14.4. The van der Waals surface area contributed by atoms with Gasteiger partial charge in [0.05, 0.1) is 11.7 Å². The summed E-state index contributed by atoms with van der Waals surface area (Å²) in [6, 6.07) is 20.4. The van der Waals surface area contributed by atoms with Gasteiger partial charge in [0.15, 0.2) is 0 Å². The molecule has 1 unspecified atom stereocenters. The van der Waals surface area contributed by atoms with Crippen molar-refractivity contribution in [2.75, 3.05) is 0 Å². The molecule has 0 fully saturated rings. The summed E-state index contributed by atoms with van der Waals surface area (Å²) < 4.78 is 3.80. The Morgan fingerprint density at radius 1 is 0.909 bits per heavy atom. The summed E-state index contributed by atoms with van der Waals surface area (Å²) in [5.41, 5.74) is 4.09. The van der Waals surface area contributed by atoms with Crippen LogP contribution < -0.4 is 5.56 Å². The molecule has 0 aliphatic carbocycles. The second kappa shape index (κ2) is 5.68. The number of benzene rings is 2. The molecule has 22 heavy (non-hydrogen) atoms. The van der Waals surface area contributed by atoms with Gasteiger partial charge in [-0.2, -0.15) is 0 Å². The molecule has 1 atom stereocenters. The maximum absolute atomic E-state index is 12.5. The van der Waals surface area contributed by atoms with Crippen molar-refractivity contribution in [2.45, 2.75) is 19.9 Å². The van der Waals surface area contributed by atoms with E-state index >= 15 is 0 Å². The highest BCUT2D eigenvalue weighted by Gasteiger charge is 2.20. The van der Waals surface area contributed by atoms with Crippen molar-refractivity contribution in [3.05, 3.63) is 82.1 Å². The van der Waals surface area contributed by atoms with Crippen LogP contribution in [0, 0.1) is 6.92 Å². The topological polar surface area (TPSA) is 26.9 Å². The molecule has 0 radical (unpaired) electrons. The van der Waals surface area contributed by atoms with Crippen LogP contribution in [0.1, 0.15) is 24.1 Å². The van der Waals surface area contributed by atoms with E-state index in [1.54, 1.807) is 4.68 Å². The molecule has 0 N–H and O–H groups in total. The zero-order valence-electron chi connectivity index (χ0n) is 13.2. The first-order chi connectivity index (χ1) is 10.6. The molecule has 0 aliphatic heterocycles. The van der Waals surface area contributed by atoms with Crippen LogP contribution >= 0.6 is 0 Å². The van der Waals surface area contributed by atoms with Gasteiger partial charge >= 0.3 is 0 Å². The van der Waals surface area contributed by atoms with E-state index in [9.17, 15) is 4.79 Å². The fourth-order valence-electron chi connectivity index (χ4n) is 3.03. The molecule has 3 heteroatoms. The first-order valence-electron chi connectivity index (χ1n) is 7.49. The Balaban J connectivity index is 2.24. The quantitative estimate of drug-likeness (QED) is 0.722. The molecule has 0 saturated carbocycles. The van der Waals surface area contributed by atoms with Crippen LogP contribution in [-0.4, -0.2) is 9.36 Å². The molecule has 1 heterocycles. The molecule has 0 aliphatic rings. The summed E-state index contributed by atoms with van der Waals surface area (Å²) in [6.45, 7) is 4.03. The number of hydrogen-bond acceptors (Lipinski definition) is 1. The Hall–Kier alpha value is -2.55. The van der Waals surface area contributed by atoms with Crippen molar-refractivity contribution in [1.29, 1.82) is 0 Å². The Labute approximate surface area is 130 Å². The average Bonchev–Trinajstić information content (AvgIpc) is 2.80. The molecule has 3 rings (SSSR count). The number of aromatic nitrogens is 2. The van der Waals surface area contributed by atoms with Crippen molar-refractivity contribution in [2.24, 2.45) is 7.05 Å². The van der Waals surface area contributed by atoms with E-state index in [-0.39, 0.29) is 11.6 Å². The van der Waals surface area contributed by atoms with Crippen LogP contribution in [0.4, 0.5) is 0 Å². The van der Waals surface area contributed by atoms with E-state index in [2.05, 4.69) is 35.9 Å². The third kappa shape index (κ3) is 2.29. The number of rotatable bonds is 3. The summed E-state index contributed by atoms with van der Waals surface area (Å²) in [4.78, 5) is 12.5. The highest BCUT2D eigenvalue weighted by Crippen LogP contribution is 2.27. The predicted molar refractivity (Wildman–Crippen MR) is 90.1 cm³/mol. The summed E-state index contributed by atoms with van der Waals surface area (Å²) in [5, 5.41) is 0. The molecule has 0 bridgehead atoms. The van der Waals surface area contributed by atoms with E-state index in [0.29, 0.717) is 0 Å². The summed E-state index contributed by atoms with van der Waals surface area (Å²) >= 11 is 0. The Bertz CT molecular complexity index is 829. The molecule has 0 spiro atoms. The largest absolute Gasteiger partial charge is 0.275 e. The van der Waals surface area contributed by atoms with Crippen molar-refractivity contribution >= 4 is 0 Å². The van der Waals surface area contributed by atoms with Crippen LogP contribution in [0.2, 0.25) is 0 Å². The molecule has 3 aromatic rings. The molecule has 3 nitrogen and oxygen atoms in total. The van der Waals surface area contributed by atoms with E-state index in [1.165, 1.54) is 5.56 Å². The highest BCUT2D eigenvalue weighted by atomic mass is 16.1. The lowest BCUT2D eigenvalue weighted by molar-refractivity contribution is 0.470. The van der Waals surface area contributed by atoms with Gasteiger partial charge in [0, 0.05) is 18.2 Å². The smallest absolute Gasteiger partial charge is 0.269 e. The third-order valence-corrected chi connectivity index (χ3v) is 4.22. The highest BCUT2D eigenvalue weighted by molar-refractivity contribution is 5.63. The lowest BCUT2D eigenvalue weighted by Crippen LogP contribution is -2.23. The van der Waals surface area contributed by atoms with Crippen LogP contribution in [0.25, 0.3) is 11.3 Å². The van der Waals surface area contributed by atoms with Crippen molar-refractivity contribution < 1.29 is 0 Å². The van der Waals surface area contributed by atoms with E-state index in [0.717, 1.165) is 16.8 Å². The SMILES string of the molecule is Cc1c(-c2ccccc2)n(C(C)c2ccccc2)n(C)c1=O. The minimum absolute atomic E-state index is 0.0571. The fraction of sp³-hybridized carbons (Fsp3) is 0.211. The minimum Gasteiger partial charge on any atom is -0.275 e. The lowest BCUT2D eigenvalue weighted by atomic mass is 10.1. The molecule has 2 aromatic carbocycles. The molecule has 1 aromatic heterocycles. The number of nitrogens with zero attached hydrogens (tertiary/aromatic N) is 2. The van der Waals surface area contributed by atoms with E-state index < -0.39 is 0 Å². The molecular formula is C19H20N2O. The van der Waals surface area contributed by atoms with Gasteiger partial charge < -0.3 is 0 Å². The molecule has 0 amide bonds. The van der Waals surface area contributed by atoms with Gasteiger partial charge in [0.2, 0.25) is 0 Å². The van der Waals surface area contributed by atoms with Crippen molar-refractivity contribution in [1.82, 2.24) is 9.36 Å². The lowest BCUT2D eigenvalue weighted by Gasteiger charge is -2.20. The average molecular weight is 292 g/mol. The van der Waals surface area contributed by atoms with Crippen molar-refractivity contribution in [3.8, 4) is 11.3 Å². The van der Waals surface area contributed by atoms with Crippen LogP contribution in [0.5, 0.6) is 0 Å². The van der Waals surface area contributed by atoms with Crippen LogP contribution in [-0.2, 0) is 7.05 Å². The van der Waals surface area contributed by atoms with E-state index in [4.69, 9.17) is 0 Å². The second-order valence-corrected chi connectivity index (χ2v) is 5.60. The van der Waals surface area contributed by atoms with Crippen LogP contribution in [0.3, 0.4) is 0 Å². The second-order valence-electron chi connectivity index (χ2n) is 5.60. The minimum atomic E-state index is 0.0571. The standard InChI is InChI=1S/C19H20N2O/c1-14-18(17-12-8-5-9-13-17)21(20(3)19(14)22)15(2)16-10-6-4-7-11-16/h4-13,15H,1-3H3. The van der Waals surface area contributed by atoms with Gasteiger partial charge in [-0.1, -0.05) is 60.7 Å². The Morgan fingerprint density at radius 2 is 1.45 bits per heavy atom. The number of hydrogen-bond donors (Lipinski definition) is 0. The van der Waals surface area contributed by atoms with E-state index in [1.807, 2.05) is 50.4 Å². The zero-order chi connectivity index (χ0) is 15.7. The van der Waals surface area contributed by atoms with Gasteiger partial charge in [-0.3, -0.25) is 14.2 Å². The maximum Gasteiger partial charge on any atom is 0.269 e. The molecular weight excluding hydrogens is 272 g/mol. The summed E-state index contributed by atoms with van der Waals surface area (Å²) in [5.74, 6) is 0. The molecule has 112 valence electrons. The maximum atomic E-state index is 12.5. The fourth-order valence-corrected chi connectivity index (χ4v) is 3.03. The Morgan fingerprint density at radius 3 is 2.05 bits per heavy atom. The monoisotopic (exact) mass is 292 g/mol. The van der Waals surface area contributed by atoms with Gasteiger partial charge in [-0.05, 0) is 19.4 Å². The first-order valence-corrected chi connectivity index (χ1v) is 7.49. The predicted octanol–water partition coefficient (Wildman–Crippen LogP) is 3.77. The van der Waals surface area contributed by atoms with Gasteiger partial charge in [0.1, 0.15) is 0 Å². The van der Waals surface area contributed by atoms with Crippen molar-refractivity contribution in [3.63, 3.8) is 0 Å². The molecule has 0 saturated heterocycles. The zero-order valence-corrected chi connectivity index (χ0v) is 13.2. The van der Waals surface area contributed by atoms with Gasteiger partial charge in [-0.25, -0.2) is 0 Å².